The third-order valence-corrected chi connectivity index (χ3v) is 6.29. The molecule has 1 atom stereocenters. The van der Waals surface area contributed by atoms with Gasteiger partial charge in [0.25, 0.3) is 0 Å². The Morgan fingerprint density at radius 1 is 1.06 bits per heavy atom. The Balaban J connectivity index is 1.49. The van der Waals surface area contributed by atoms with Gasteiger partial charge >= 0.3 is 0 Å². The van der Waals surface area contributed by atoms with Crippen LogP contribution in [0.15, 0.2) is 42.5 Å². The lowest BCUT2D eigenvalue weighted by Crippen LogP contribution is -2.34. The summed E-state index contributed by atoms with van der Waals surface area (Å²) in [5, 5.41) is 2.07. The summed E-state index contributed by atoms with van der Waals surface area (Å²) in [6.45, 7) is 1.06. The molecule has 0 saturated heterocycles. The van der Waals surface area contributed by atoms with Gasteiger partial charge in [-0.3, -0.25) is 9.69 Å². The first-order chi connectivity index (χ1) is 15.1. The molecule has 0 radical (unpaired) electrons. The van der Waals surface area contributed by atoms with Crippen LogP contribution in [0.3, 0.4) is 0 Å². The Morgan fingerprint density at radius 3 is 2.68 bits per heavy atom. The maximum atomic E-state index is 13.3. The van der Waals surface area contributed by atoms with Crippen LogP contribution in [0.4, 0.5) is 0 Å². The lowest BCUT2D eigenvalue weighted by molar-refractivity contribution is 0.0925. The van der Waals surface area contributed by atoms with Crippen molar-refractivity contribution in [1.82, 2.24) is 4.90 Å². The van der Waals surface area contributed by atoms with E-state index in [2.05, 4.69) is 11.9 Å². The average molecular weight is 419 g/mol. The molecule has 160 valence electrons. The van der Waals surface area contributed by atoms with Crippen molar-refractivity contribution in [2.45, 2.75) is 18.9 Å². The summed E-state index contributed by atoms with van der Waals surface area (Å²) in [7, 11) is 5.35. The van der Waals surface area contributed by atoms with Gasteiger partial charge in [0.15, 0.2) is 17.3 Å². The van der Waals surface area contributed by atoms with Crippen LogP contribution in [-0.4, -0.2) is 45.3 Å². The van der Waals surface area contributed by atoms with Gasteiger partial charge in [0, 0.05) is 30.1 Å². The SMILES string of the molecule is COc1ccc2cc(C(=O)CC3c4c(cc5c(c4OC)OCO5)CCN3C)ccc2c1. The standard InChI is InChI=1S/C25H25NO5/c1-26-9-8-18-12-22-24(31-14-30-22)25(29-3)23(18)20(26)13-21(27)17-5-4-16-11-19(28-2)7-6-15(16)10-17/h4-7,10-12,20H,8-9,13-14H2,1-3H3. The van der Waals surface area contributed by atoms with Crippen molar-refractivity contribution in [3.63, 3.8) is 0 Å². The Morgan fingerprint density at radius 2 is 1.87 bits per heavy atom. The molecule has 2 aliphatic heterocycles. The molecule has 0 N–H and O–H groups in total. The highest BCUT2D eigenvalue weighted by Gasteiger charge is 2.35. The summed E-state index contributed by atoms with van der Waals surface area (Å²) in [5.74, 6) is 2.93. The third kappa shape index (κ3) is 3.37. The van der Waals surface area contributed by atoms with Gasteiger partial charge in [0.1, 0.15) is 5.75 Å². The van der Waals surface area contributed by atoms with Gasteiger partial charge in [-0.15, -0.1) is 0 Å². The summed E-state index contributed by atoms with van der Waals surface area (Å²) in [4.78, 5) is 15.5. The number of carbonyl (C=O) groups is 1. The van der Waals surface area contributed by atoms with E-state index in [0.29, 0.717) is 23.5 Å². The number of nitrogens with zero attached hydrogens (tertiary/aromatic N) is 1. The predicted molar refractivity (Wildman–Crippen MR) is 118 cm³/mol. The minimum Gasteiger partial charge on any atom is -0.497 e. The second kappa shape index (κ2) is 7.78. The van der Waals surface area contributed by atoms with Crippen molar-refractivity contribution in [3.8, 4) is 23.0 Å². The van der Waals surface area contributed by atoms with Crippen LogP contribution >= 0.6 is 0 Å². The van der Waals surface area contributed by atoms with Crippen LogP contribution in [0.25, 0.3) is 10.8 Å². The van der Waals surface area contributed by atoms with Gasteiger partial charge in [-0.2, -0.15) is 0 Å². The van der Waals surface area contributed by atoms with Crippen molar-refractivity contribution in [3.05, 3.63) is 59.2 Å². The highest BCUT2D eigenvalue weighted by molar-refractivity contribution is 6.00. The topological polar surface area (TPSA) is 57.2 Å². The fourth-order valence-electron chi connectivity index (χ4n) is 4.60. The van der Waals surface area contributed by atoms with Gasteiger partial charge in [-0.05, 0) is 54.1 Å². The van der Waals surface area contributed by atoms with Crippen molar-refractivity contribution < 1.29 is 23.7 Å². The Bertz CT molecular complexity index is 1170. The minimum atomic E-state index is -0.0905. The summed E-state index contributed by atoms with van der Waals surface area (Å²) in [6, 6.07) is 13.6. The second-order valence-corrected chi connectivity index (χ2v) is 8.02. The summed E-state index contributed by atoms with van der Waals surface area (Å²) in [6.07, 6.45) is 1.24. The fraction of sp³-hybridized carbons (Fsp3) is 0.320. The lowest BCUT2D eigenvalue weighted by Gasteiger charge is -2.35. The maximum absolute atomic E-state index is 13.3. The van der Waals surface area contributed by atoms with Crippen LogP contribution in [0, 0.1) is 0 Å². The van der Waals surface area contributed by atoms with Gasteiger partial charge in [-0.1, -0.05) is 18.2 Å². The molecule has 1 unspecified atom stereocenters. The molecule has 0 spiro atoms. The largest absolute Gasteiger partial charge is 0.497 e. The Hall–Kier alpha value is -3.25. The summed E-state index contributed by atoms with van der Waals surface area (Å²) in [5.41, 5.74) is 2.89. The number of ether oxygens (including phenoxy) is 4. The minimum absolute atomic E-state index is 0.0905. The maximum Gasteiger partial charge on any atom is 0.231 e. The van der Waals surface area contributed by atoms with E-state index >= 15 is 0 Å². The Kier molecular flexibility index (Phi) is 4.94. The molecule has 5 rings (SSSR count). The van der Waals surface area contributed by atoms with E-state index in [1.54, 1.807) is 14.2 Å². The number of hydrogen-bond acceptors (Lipinski definition) is 6. The van der Waals surface area contributed by atoms with Crippen LogP contribution < -0.4 is 18.9 Å². The molecule has 0 bridgehead atoms. The molecule has 3 aromatic rings. The van der Waals surface area contributed by atoms with Gasteiger partial charge in [-0.25, -0.2) is 0 Å². The summed E-state index contributed by atoms with van der Waals surface area (Å²) >= 11 is 0. The number of Topliss-reactive ketones (excluding diaryl/α,β-unsaturated/α-hetero) is 1. The molecule has 0 aliphatic carbocycles. The van der Waals surface area contributed by atoms with Crippen LogP contribution in [0.1, 0.15) is 33.9 Å². The fourth-order valence-corrected chi connectivity index (χ4v) is 4.60. The molecule has 31 heavy (non-hydrogen) atoms. The number of likely N-dealkylation sites (N-methyl/N-ethyl adjacent to an activating group) is 1. The van der Waals surface area contributed by atoms with Crippen molar-refractivity contribution in [2.75, 3.05) is 34.6 Å². The van der Waals surface area contributed by atoms with E-state index in [4.69, 9.17) is 18.9 Å². The highest BCUT2D eigenvalue weighted by atomic mass is 16.7. The molecule has 0 saturated carbocycles. The normalized spacial score (nSPS) is 17.5. The zero-order chi connectivity index (χ0) is 21.5. The molecule has 0 fully saturated rings. The van der Waals surface area contributed by atoms with Crippen LogP contribution in [0.5, 0.6) is 23.0 Å². The van der Waals surface area contributed by atoms with Crippen LogP contribution in [-0.2, 0) is 6.42 Å². The molecule has 3 aromatic carbocycles. The molecule has 0 aromatic heterocycles. The number of methoxy groups -OCH3 is 2. The molecular formula is C25H25NO5. The average Bonchev–Trinajstić information content (AvgIpc) is 3.27. The zero-order valence-corrected chi connectivity index (χ0v) is 17.9. The zero-order valence-electron chi connectivity index (χ0n) is 17.9. The quantitative estimate of drug-likeness (QED) is 0.572. The smallest absolute Gasteiger partial charge is 0.231 e. The Labute approximate surface area is 181 Å². The first-order valence-corrected chi connectivity index (χ1v) is 10.4. The van der Waals surface area contributed by atoms with Crippen molar-refractivity contribution in [2.24, 2.45) is 0 Å². The molecule has 6 heteroatoms. The number of benzene rings is 3. The second-order valence-electron chi connectivity index (χ2n) is 8.02. The van der Waals surface area contributed by atoms with E-state index in [1.165, 1.54) is 0 Å². The molecular weight excluding hydrogens is 394 g/mol. The molecule has 0 amide bonds. The molecule has 2 heterocycles. The highest BCUT2D eigenvalue weighted by Crippen LogP contribution is 2.50. The van der Waals surface area contributed by atoms with E-state index in [0.717, 1.165) is 46.4 Å². The van der Waals surface area contributed by atoms with Crippen LogP contribution in [0.2, 0.25) is 0 Å². The lowest BCUT2D eigenvalue weighted by atomic mass is 9.87. The molecule has 6 nitrogen and oxygen atoms in total. The van der Waals surface area contributed by atoms with E-state index in [-0.39, 0.29) is 18.6 Å². The van der Waals surface area contributed by atoms with Gasteiger partial charge in [0.05, 0.1) is 14.2 Å². The van der Waals surface area contributed by atoms with Gasteiger partial charge < -0.3 is 18.9 Å². The van der Waals surface area contributed by atoms with Crippen molar-refractivity contribution >= 4 is 16.6 Å². The van der Waals surface area contributed by atoms with E-state index < -0.39 is 0 Å². The first kappa shape index (κ1) is 19.7. The third-order valence-electron chi connectivity index (χ3n) is 6.29. The number of carbonyl (C=O) groups excluding carboxylic acids is 1. The summed E-state index contributed by atoms with van der Waals surface area (Å²) < 4.78 is 22.3. The predicted octanol–water partition coefficient (Wildman–Crippen LogP) is 4.39. The van der Waals surface area contributed by atoms with Gasteiger partial charge in [0.2, 0.25) is 12.5 Å². The monoisotopic (exact) mass is 419 g/mol. The molecule has 2 aliphatic rings. The number of hydrogen-bond donors (Lipinski definition) is 0. The number of rotatable bonds is 5. The first-order valence-electron chi connectivity index (χ1n) is 10.4. The van der Waals surface area contributed by atoms with Crippen molar-refractivity contribution in [1.29, 1.82) is 0 Å². The number of ketones is 1. The van der Waals surface area contributed by atoms with E-state index in [9.17, 15) is 4.79 Å². The van der Waals surface area contributed by atoms with E-state index in [1.807, 2.05) is 42.5 Å². The number of fused-ring (bicyclic) bond motifs is 3.